The summed E-state index contributed by atoms with van der Waals surface area (Å²) < 4.78 is 34.1. The van der Waals surface area contributed by atoms with Crippen LogP contribution in [-0.2, 0) is 0 Å². The van der Waals surface area contributed by atoms with Crippen molar-refractivity contribution in [1.82, 2.24) is 0 Å². The molecule has 1 N–H and O–H groups in total. The van der Waals surface area contributed by atoms with Gasteiger partial charge in [-0.05, 0) is 37.0 Å². The molecular formula is C9H14F2OS. The van der Waals surface area contributed by atoms with Gasteiger partial charge in [0, 0.05) is 6.42 Å². The van der Waals surface area contributed by atoms with Crippen molar-refractivity contribution in [3.05, 3.63) is 0 Å². The molecule has 2 fully saturated rings. The van der Waals surface area contributed by atoms with E-state index in [1.54, 1.807) is 0 Å². The van der Waals surface area contributed by atoms with Crippen LogP contribution in [0.2, 0.25) is 0 Å². The summed E-state index contributed by atoms with van der Waals surface area (Å²) in [5.41, 5.74) is 0. The van der Waals surface area contributed by atoms with Gasteiger partial charge in [-0.25, -0.2) is 0 Å². The highest BCUT2D eigenvalue weighted by atomic mass is 32.2. The minimum absolute atomic E-state index is 0.130. The second-order valence-electron chi connectivity index (χ2n) is 4.37. The maximum absolute atomic E-state index is 12.8. The third kappa shape index (κ3) is 1.99. The predicted octanol–water partition coefficient (Wildman–Crippen LogP) is 3.61. The first-order valence-electron chi connectivity index (χ1n) is 4.81. The van der Waals surface area contributed by atoms with Crippen LogP contribution in [0.15, 0.2) is 0 Å². The van der Waals surface area contributed by atoms with Crippen molar-refractivity contribution in [1.29, 1.82) is 0 Å². The van der Waals surface area contributed by atoms with Crippen molar-refractivity contribution >= 4 is 12.0 Å². The molecule has 4 heteroatoms. The van der Waals surface area contributed by atoms with E-state index in [2.05, 4.69) is 0 Å². The molecular weight excluding hydrogens is 194 g/mol. The molecule has 2 rings (SSSR count). The molecule has 76 valence electrons. The summed E-state index contributed by atoms with van der Waals surface area (Å²) in [4.78, 5) is 0. The van der Waals surface area contributed by atoms with Crippen LogP contribution in [0.1, 0.15) is 32.1 Å². The van der Waals surface area contributed by atoms with Gasteiger partial charge in [0.1, 0.15) is 0 Å². The fourth-order valence-electron chi connectivity index (χ4n) is 2.97. The van der Waals surface area contributed by atoms with E-state index in [1.165, 1.54) is 6.42 Å². The van der Waals surface area contributed by atoms with E-state index in [-0.39, 0.29) is 24.4 Å². The van der Waals surface area contributed by atoms with E-state index >= 15 is 0 Å². The Hall–Kier alpha value is 0.170. The Morgan fingerprint density at radius 2 is 2.08 bits per heavy atom. The molecule has 0 spiro atoms. The van der Waals surface area contributed by atoms with Gasteiger partial charge in [0.25, 0.3) is 0 Å². The largest absolute Gasteiger partial charge is 0.325 e. The normalized spacial score (nSPS) is 38.5. The third-order valence-electron chi connectivity index (χ3n) is 3.52. The molecule has 2 bridgehead atoms. The summed E-state index contributed by atoms with van der Waals surface area (Å²) in [5, 5.41) is -2.92. The minimum atomic E-state index is -2.92. The van der Waals surface area contributed by atoms with Gasteiger partial charge in [0.15, 0.2) is 0 Å². The minimum Gasteiger partial charge on any atom is -0.325 e. The zero-order valence-corrected chi connectivity index (χ0v) is 8.20. The van der Waals surface area contributed by atoms with Crippen LogP contribution in [0.3, 0.4) is 0 Å². The van der Waals surface area contributed by atoms with Crippen LogP contribution in [0.4, 0.5) is 8.78 Å². The number of hydrogen-bond donors (Lipinski definition) is 1. The third-order valence-corrected chi connectivity index (χ3v) is 3.95. The van der Waals surface area contributed by atoms with Crippen LogP contribution in [-0.4, -0.2) is 9.81 Å². The summed E-state index contributed by atoms with van der Waals surface area (Å²) in [5.74, 6) is 1.38. The van der Waals surface area contributed by atoms with Crippen molar-refractivity contribution in [3.8, 4) is 0 Å². The molecule has 2 aliphatic rings. The molecule has 3 atom stereocenters. The van der Waals surface area contributed by atoms with Crippen LogP contribution in [0.25, 0.3) is 0 Å². The monoisotopic (exact) mass is 208 g/mol. The van der Waals surface area contributed by atoms with Crippen LogP contribution in [0.5, 0.6) is 0 Å². The Balaban J connectivity index is 1.89. The fourth-order valence-corrected chi connectivity index (χ4v) is 3.26. The fraction of sp³-hybridized carbons (Fsp3) is 1.00. The Kier molecular flexibility index (Phi) is 2.53. The predicted molar refractivity (Wildman–Crippen MR) is 48.7 cm³/mol. The lowest BCUT2D eigenvalue weighted by Gasteiger charge is -2.24. The molecule has 0 radical (unpaired) electrons. The number of halogens is 2. The second-order valence-corrected chi connectivity index (χ2v) is 5.15. The Morgan fingerprint density at radius 1 is 1.31 bits per heavy atom. The van der Waals surface area contributed by atoms with E-state index in [0.29, 0.717) is 11.8 Å². The van der Waals surface area contributed by atoms with Gasteiger partial charge in [0.05, 0.1) is 12.0 Å². The molecule has 2 aliphatic carbocycles. The molecule has 0 aromatic heterocycles. The molecule has 0 aromatic rings. The standard InChI is InChI=1S/C9H14F2OS/c10-9(11,13-12)5-8-4-6-1-2-7(8)3-6/h6-8,12H,1-5H2. The van der Waals surface area contributed by atoms with E-state index in [1.807, 2.05) is 0 Å². The van der Waals surface area contributed by atoms with Gasteiger partial charge in [-0.1, -0.05) is 6.42 Å². The van der Waals surface area contributed by atoms with Crippen molar-refractivity contribution in [3.63, 3.8) is 0 Å². The Morgan fingerprint density at radius 3 is 2.54 bits per heavy atom. The summed E-state index contributed by atoms with van der Waals surface area (Å²) in [6.07, 6.45) is 4.34. The van der Waals surface area contributed by atoms with Crippen LogP contribution in [0, 0.1) is 17.8 Å². The summed E-state index contributed by atoms with van der Waals surface area (Å²) in [7, 11) is 0. The lowest BCUT2D eigenvalue weighted by atomic mass is 9.86. The second kappa shape index (κ2) is 3.39. The smallest absolute Gasteiger partial charge is 0.317 e. The highest BCUT2D eigenvalue weighted by Gasteiger charge is 2.44. The Bertz CT molecular complexity index is 198. The quantitative estimate of drug-likeness (QED) is 0.715. The number of fused-ring (bicyclic) bond motifs is 2. The van der Waals surface area contributed by atoms with E-state index < -0.39 is 5.25 Å². The molecule has 13 heavy (non-hydrogen) atoms. The van der Waals surface area contributed by atoms with Gasteiger partial charge < -0.3 is 4.55 Å². The molecule has 0 saturated heterocycles. The highest BCUT2D eigenvalue weighted by molar-refractivity contribution is 7.94. The molecule has 0 aromatic carbocycles. The lowest BCUT2D eigenvalue weighted by Crippen LogP contribution is -2.20. The van der Waals surface area contributed by atoms with Crippen molar-refractivity contribution in [2.75, 3.05) is 0 Å². The van der Waals surface area contributed by atoms with E-state index in [4.69, 9.17) is 4.55 Å². The first-order valence-corrected chi connectivity index (χ1v) is 5.58. The first-order chi connectivity index (χ1) is 6.11. The van der Waals surface area contributed by atoms with Crippen molar-refractivity contribution < 1.29 is 13.3 Å². The van der Waals surface area contributed by atoms with Gasteiger partial charge in [-0.15, -0.1) is 0 Å². The van der Waals surface area contributed by atoms with Gasteiger partial charge in [0.2, 0.25) is 0 Å². The van der Waals surface area contributed by atoms with E-state index in [0.717, 1.165) is 19.3 Å². The zero-order valence-electron chi connectivity index (χ0n) is 7.38. The zero-order chi connectivity index (χ0) is 9.47. The number of alkyl halides is 2. The van der Waals surface area contributed by atoms with Crippen LogP contribution >= 0.6 is 12.0 Å². The molecule has 0 heterocycles. The van der Waals surface area contributed by atoms with Crippen LogP contribution < -0.4 is 0 Å². The number of rotatable bonds is 3. The van der Waals surface area contributed by atoms with Gasteiger partial charge >= 0.3 is 5.25 Å². The maximum Gasteiger partial charge on any atom is 0.317 e. The molecule has 2 saturated carbocycles. The lowest BCUT2D eigenvalue weighted by molar-refractivity contribution is 0.0572. The topological polar surface area (TPSA) is 20.2 Å². The molecule has 1 nitrogen and oxygen atoms in total. The SMILES string of the molecule is OSC(F)(F)CC1CC2CCC1C2. The molecule has 0 aliphatic heterocycles. The average molecular weight is 208 g/mol. The average Bonchev–Trinajstić information content (AvgIpc) is 2.64. The maximum atomic E-state index is 12.8. The summed E-state index contributed by atoms with van der Waals surface area (Å²) in [6.45, 7) is 0. The van der Waals surface area contributed by atoms with Crippen molar-refractivity contribution in [2.24, 2.45) is 17.8 Å². The van der Waals surface area contributed by atoms with Gasteiger partial charge in [-0.2, -0.15) is 8.78 Å². The summed E-state index contributed by atoms with van der Waals surface area (Å²) >= 11 is -0.292. The molecule has 0 amide bonds. The summed E-state index contributed by atoms with van der Waals surface area (Å²) in [6, 6.07) is 0. The highest BCUT2D eigenvalue weighted by Crippen LogP contribution is 2.52. The molecule has 3 unspecified atom stereocenters. The van der Waals surface area contributed by atoms with Gasteiger partial charge in [-0.3, -0.25) is 0 Å². The first kappa shape index (κ1) is 9.71. The van der Waals surface area contributed by atoms with Crippen molar-refractivity contribution in [2.45, 2.75) is 37.4 Å². The van der Waals surface area contributed by atoms with E-state index in [9.17, 15) is 8.78 Å². The number of hydrogen-bond acceptors (Lipinski definition) is 2. The Labute approximate surface area is 81.1 Å².